The molecule has 2 rings (SSSR count). The second kappa shape index (κ2) is 6.87. The van der Waals surface area contributed by atoms with Crippen molar-refractivity contribution in [2.45, 2.75) is 33.1 Å². The minimum Gasteiger partial charge on any atom is -0.397 e. The third-order valence-electron chi connectivity index (χ3n) is 3.34. The highest BCUT2D eigenvalue weighted by molar-refractivity contribution is 7.21. The molecular formula is C15H21N3O2S. The molecule has 0 aliphatic carbocycles. The molecular weight excluding hydrogens is 286 g/mol. The molecule has 2 aromatic heterocycles. The molecule has 0 radical (unpaired) electrons. The van der Waals surface area contributed by atoms with Crippen molar-refractivity contribution < 1.29 is 9.90 Å². The molecule has 0 aliphatic rings. The Kier molecular flexibility index (Phi) is 5.14. The maximum Gasteiger partial charge on any atom is 0.263 e. The van der Waals surface area contributed by atoms with Crippen molar-refractivity contribution in [3.63, 3.8) is 0 Å². The van der Waals surface area contributed by atoms with Gasteiger partial charge in [-0.2, -0.15) is 0 Å². The number of thiophene rings is 1. The predicted molar refractivity (Wildman–Crippen MR) is 86.8 cm³/mol. The molecule has 0 saturated heterocycles. The molecule has 5 nitrogen and oxygen atoms in total. The Morgan fingerprint density at radius 2 is 2.14 bits per heavy atom. The number of nitrogen functional groups attached to an aromatic ring is 1. The minimum absolute atomic E-state index is 0.130. The van der Waals surface area contributed by atoms with Gasteiger partial charge in [0.1, 0.15) is 4.88 Å². The zero-order chi connectivity index (χ0) is 15.4. The Morgan fingerprint density at radius 1 is 1.38 bits per heavy atom. The van der Waals surface area contributed by atoms with Gasteiger partial charge >= 0.3 is 0 Å². The van der Waals surface area contributed by atoms with Crippen molar-refractivity contribution in [3.05, 3.63) is 22.3 Å². The second-order valence-electron chi connectivity index (χ2n) is 5.11. The Morgan fingerprint density at radius 3 is 2.86 bits per heavy atom. The Labute approximate surface area is 128 Å². The molecule has 1 amide bonds. The summed E-state index contributed by atoms with van der Waals surface area (Å²) in [6.07, 6.45) is 2.53. The largest absolute Gasteiger partial charge is 0.397 e. The first-order valence-electron chi connectivity index (χ1n) is 7.10. The molecule has 2 heterocycles. The van der Waals surface area contributed by atoms with Gasteiger partial charge in [-0.3, -0.25) is 9.78 Å². The van der Waals surface area contributed by atoms with Gasteiger partial charge in [-0.05, 0) is 39.2 Å². The number of aliphatic hydroxyl groups excluding tert-OH is 1. The van der Waals surface area contributed by atoms with Crippen molar-refractivity contribution in [3.8, 4) is 0 Å². The molecule has 0 fully saturated rings. The number of nitrogens with one attached hydrogen (secondary N) is 1. The number of anilines is 1. The molecule has 0 aromatic carbocycles. The van der Waals surface area contributed by atoms with Crippen LogP contribution in [0.4, 0.5) is 5.69 Å². The summed E-state index contributed by atoms with van der Waals surface area (Å²) < 4.78 is 1.00. The molecule has 0 bridgehead atoms. The Balaban J connectivity index is 2.13. The normalized spacial score (nSPS) is 11.0. The third-order valence-corrected chi connectivity index (χ3v) is 4.50. The number of unbranched alkanes of at least 4 members (excludes halogenated alkanes) is 2. The van der Waals surface area contributed by atoms with E-state index < -0.39 is 0 Å². The topological polar surface area (TPSA) is 88.2 Å². The van der Waals surface area contributed by atoms with Crippen molar-refractivity contribution in [1.29, 1.82) is 0 Å². The number of carbonyl (C=O) groups excluding carboxylic acids is 1. The summed E-state index contributed by atoms with van der Waals surface area (Å²) in [5.74, 6) is -0.130. The summed E-state index contributed by atoms with van der Waals surface area (Å²) in [4.78, 5) is 17.2. The van der Waals surface area contributed by atoms with Gasteiger partial charge in [0.15, 0.2) is 0 Å². The number of aromatic nitrogens is 1. The van der Waals surface area contributed by atoms with E-state index in [-0.39, 0.29) is 12.5 Å². The predicted octanol–water partition coefficient (Wildman–Crippen LogP) is 2.39. The average Bonchev–Trinajstić information content (AvgIpc) is 2.75. The third kappa shape index (κ3) is 3.51. The van der Waals surface area contributed by atoms with E-state index in [1.807, 2.05) is 19.9 Å². The van der Waals surface area contributed by atoms with Crippen LogP contribution in [0.3, 0.4) is 0 Å². The molecule has 21 heavy (non-hydrogen) atoms. The van der Waals surface area contributed by atoms with Crippen molar-refractivity contribution >= 4 is 33.0 Å². The number of hydrogen-bond donors (Lipinski definition) is 3. The lowest BCUT2D eigenvalue weighted by molar-refractivity contribution is 0.0958. The van der Waals surface area contributed by atoms with E-state index in [1.54, 1.807) is 0 Å². The van der Waals surface area contributed by atoms with Crippen LogP contribution in [-0.4, -0.2) is 29.1 Å². The van der Waals surface area contributed by atoms with E-state index in [0.717, 1.165) is 40.7 Å². The smallest absolute Gasteiger partial charge is 0.263 e. The van der Waals surface area contributed by atoms with E-state index in [0.29, 0.717) is 17.1 Å². The quantitative estimate of drug-likeness (QED) is 0.715. The Bertz CT molecular complexity index is 652. The Hall–Kier alpha value is -1.66. The van der Waals surface area contributed by atoms with Gasteiger partial charge in [0.2, 0.25) is 0 Å². The van der Waals surface area contributed by atoms with E-state index in [4.69, 9.17) is 10.8 Å². The van der Waals surface area contributed by atoms with Crippen LogP contribution in [0.1, 0.15) is 40.3 Å². The molecule has 0 atom stereocenters. The molecule has 0 aliphatic heterocycles. The van der Waals surface area contributed by atoms with Crippen LogP contribution < -0.4 is 11.1 Å². The van der Waals surface area contributed by atoms with Crippen LogP contribution in [0.25, 0.3) is 10.1 Å². The molecule has 0 spiro atoms. The highest BCUT2D eigenvalue weighted by Crippen LogP contribution is 2.35. The van der Waals surface area contributed by atoms with Crippen LogP contribution in [0, 0.1) is 13.8 Å². The van der Waals surface area contributed by atoms with E-state index in [2.05, 4.69) is 10.3 Å². The molecule has 114 valence electrons. The first kappa shape index (κ1) is 15.7. The standard InChI is InChI=1S/C15H21N3O2S/c1-9-8-11-12(10(2)18-9)13(16)14(21-11)15(20)17-6-4-3-5-7-19/h8,19H,3-7,16H2,1-2H3,(H,17,20). The van der Waals surface area contributed by atoms with Crippen molar-refractivity contribution in [2.75, 3.05) is 18.9 Å². The lowest BCUT2D eigenvalue weighted by Gasteiger charge is -2.04. The zero-order valence-electron chi connectivity index (χ0n) is 12.4. The lowest BCUT2D eigenvalue weighted by Crippen LogP contribution is -2.24. The minimum atomic E-state index is -0.130. The van der Waals surface area contributed by atoms with Gasteiger partial charge in [-0.1, -0.05) is 0 Å². The first-order chi connectivity index (χ1) is 10.0. The van der Waals surface area contributed by atoms with Gasteiger partial charge in [0.25, 0.3) is 5.91 Å². The maximum absolute atomic E-state index is 12.2. The van der Waals surface area contributed by atoms with E-state index in [9.17, 15) is 4.79 Å². The number of pyridine rings is 1. The monoisotopic (exact) mass is 307 g/mol. The SMILES string of the molecule is Cc1cc2sc(C(=O)NCCCCCO)c(N)c2c(C)n1. The van der Waals surface area contributed by atoms with Gasteiger partial charge < -0.3 is 16.2 Å². The fraction of sp³-hybridized carbons (Fsp3) is 0.467. The number of aryl methyl sites for hydroxylation is 2. The number of aliphatic hydroxyl groups is 1. The number of rotatable bonds is 6. The summed E-state index contributed by atoms with van der Waals surface area (Å²) in [5.41, 5.74) is 8.43. The molecule has 6 heteroatoms. The van der Waals surface area contributed by atoms with Gasteiger partial charge in [0, 0.05) is 34.6 Å². The number of nitrogens with zero attached hydrogens (tertiary/aromatic N) is 1. The maximum atomic E-state index is 12.2. The molecule has 2 aromatic rings. The van der Waals surface area contributed by atoms with Crippen LogP contribution in [0.2, 0.25) is 0 Å². The van der Waals surface area contributed by atoms with Crippen molar-refractivity contribution in [2.24, 2.45) is 0 Å². The summed E-state index contributed by atoms with van der Waals surface area (Å²) in [5, 5.41) is 12.5. The van der Waals surface area contributed by atoms with E-state index >= 15 is 0 Å². The average molecular weight is 307 g/mol. The van der Waals surface area contributed by atoms with Gasteiger partial charge in [-0.15, -0.1) is 11.3 Å². The molecule has 0 saturated carbocycles. The summed E-state index contributed by atoms with van der Waals surface area (Å²) in [6, 6.07) is 1.96. The number of carbonyl (C=O) groups is 1. The second-order valence-corrected chi connectivity index (χ2v) is 6.16. The lowest BCUT2D eigenvalue weighted by atomic mass is 10.2. The first-order valence-corrected chi connectivity index (χ1v) is 7.91. The van der Waals surface area contributed by atoms with Gasteiger partial charge in [-0.25, -0.2) is 0 Å². The fourth-order valence-corrected chi connectivity index (χ4v) is 3.53. The van der Waals surface area contributed by atoms with Crippen LogP contribution in [0.5, 0.6) is 0 Å². The van der Waals surface area contributed by atoms with Crippen LogP contribution in [-0.2, 0) is 0 Å². The molecule has 4 N–H and O–H groups in total. The number of hydrogen-bond acceptors (Lipinski definition) is 5. The van der Waals surface area contributed by atoms with E-state index in [1.165, 1.54) is 11.3 Å². The number of nitrogens with two attached hydrogens (primary N) is 1. The number of amides is 1. The number of fused-ring (bicyclic) bond motifs is 1. The van der Waals surface area contributed by atoms with Crippen molar-refractivity contribution in [1.82, 2.24) is 10.3 Å². The summed E-state index contributed by atoms with van der Waals surface area (Å²) >= 11 is 1.41. The zero-order valence-corrected chi connectivity index (χ0v) is 13.2. The van der Waals surface area contributed by atoms with Gasteiger partial charge in [0.05, 0.1) is 5.69 Å². The highest BCUT2D eigenvalue weighted by atomic mass is 32.1. The van der Waals surface area contributed by atoms with Crippen LogP contribution in [0.15, 0.2) is 6.07 Å². The highest BCUT2D eigenvalue weighted by Gasteiger charge is 2.18. The summed E-state index contributed by atoms with van der Waals surface area (Å²) in [7, 11) is 0. The van der Waals surface area contributed by atoms with Crippen LogP contribution >= 0.6 is 11.3 Å². The summed E-state index contributed by atoms with van der Waals surface area (Å²) in [6.45, 7) is 4.64. The molecule has 0 unspecified atom stereocenters. The fourth-order valence-electron chi connectivity index (χ4n) is 2.34.